The second-order valence-electron chi connectivity index (χ2n) is 7.42. The summed E-state index contributed by atoms with van der Waals surface area (Å²) in [6, 6.07) is 3.35. The van der Waals surface area contributed by atoms with Gasteiger partial charge < -0.3 is 24.2 Å². The molecule has 1 aromatic rings. The number of aliphatic hydroxyl groups is 1. The number of ether oxygens (including phenoxy) is 3. The van der Waals surface area contributed by atoms with Crippen LogP contribution in [0.25, 0.3) is 0 Å². The van der Waals surface area contributed by atoms with Crippen LogP contribution in [0.2, 0.25) is 0 Å². The molecular weight excluding hydrogens is 350 g/mol. The summed E-state index contributed by atoms with van der Waals surface area (Å²) in [7, 11) is 3.49. The lowest BCUT2D eigenvalue weighted by molar-refractivity contribution is -0.117. The largest absolute Gasteiger partial charge is 0.493 e. The summed E-state index contributed by atoms with van der Waals surface area (Å²) in [4.78, 5) is 27.1. The number of methoxy groups -OCH3 is 1. The zero-order valence-corrected chi connectivity index (χ0v) is 15.7. The van der Waals surface area contributed by atoms with Gasteiger partial charge in [-0.2, -0.15) is 0 Å². The summed E-state index contributed by atoms with van der Waals surface area (Å²) < 4.78 is 16.9. The topological polar surface area (TPSA) is 85.3 Å². The van der Waals surface area contributed by atoms with Gasteiger partial charge in [0.05, 0.1) is 24.2 Å². The molecule has 1 aliphatic carbocycles. The van der Waals surface area contributed by atoms with Crippen molar-refractivity contribution in [3.8, 4) is 11.5 Å². The number of benzene rings is 1. The average molecular weight is 373 g/mol. The zero-order chi connectivity index (χ0) is 19.3. The molecule has 0 aromatic heterocycles. The van der Waals surface area contributed by atoms with Crippen LogP contribution in [0, 0.1) is 0 Å². The Bertz CT molecular complexity index is 845. The first kappa shape index (κ1) is 17.9. The van der Waals surface area contributed by atoms with Crippen molar-refractivity contribution in [2.45, 2.75) is 37.4 Å². The number of nitrogens with zero attached hydrogens (tertiary/aromatic N) is 1. The van der Waals surface area contributed by atoms with Gasteiger partial charge in [0.15, 0.2) is 17.3 Å². The molecule has 4 rings (SSSR count). The molecule has 144 valence electrons. The van der Waals surface area contributed by atoms with Crippen molar-refractivity contribution in [1.82, 2.24) is 4.90 Å². The second-order valence-corrected chi connectivity index (χ2v) is 7.42. The van der Waals surface area contributed by atoms with Gasteiger partial charge in [-0.3, -0.25) is 4.79 Å². The van der Waals surface area contributed by atoms with Crippen molar-refractivity contribution in [2.24, 2.45) is 0 Å². The van der Waals surface area contributed by atoms with E-state index in [1.54, 1.807) is 32.2 Å². The Morgan fingerprint density at radius 2 is 2.26 bits per heavy atom. The van der Waals surface area contributed by atoms with Crippen LogP contribution in [0.15, 0.2) is 23.9 Å². The first-order chi connectivity index (χ1) is 12.9. The highest BCUT2D eigenvalue weighted by Crippen LogP contribution is 2.59. The number of likely N-dealkylation sites (tertiary alicyclic amines) is 1. The molecule has 27 heavy (non-hydrogen) atoms. The van der Waals surface area contributed by atoms with E-state index in [4.69, 9.17) is 14.2 Å². The number of carbonyl (C=O) groups excluding carboxylic acids is 2. The van der Waals surface area contributed by atoms with E-state index in [0.29, 0.717) is 17.1 Å². The molecule has 3 atom stereocenters. The smallest absolute Gasteiger partial charge is 0.338 e. The fourth-order valence-electron chi connectivity index (χ4n) is 4.49. The maximum absolute atomic E-state index is 12.8. The molecule has 1 aromatic carbocycles. The van der Waals surface area contributed by atoms with Gasteiger partial charge in [-0.25, -0.2) is 4.79 Å². The first-order valence-corrected chi connectivity index (χ1v) is 9.08. The molecule has 0 bridgehead atoms. The summed E-state index contributed by atoms with van der Waals surface area (Å²) in [6.45, 7) is 2.23. The minimum Gasteiger partial charge on any atom is -0.493 e. The maximum Gasteiger partial charge on any atom is 0.338 e. The Morgan fingerprint density at radius 1 is 1.48 bits per heavy atom. The molecular formula is C20H23NO6. The lowest BCUT2D eigenvalue weighted by Crippen LogP contribution is -2.44. The van der Waals surface area contributed by atoms with Gasteiger partial charge >= 0.3 is 5.97 Å². The summed E-state index contributed by atoms with van der Waals surface area (Å²) in [5, 5.41) is 9.45. The Balaban J connectivity index is 1.89. The standard InChI is InChI=1S/C20H23NO6/c1-11(22)10-26-19(24)13-4-5-14(25-3)18-17(13)20-6-7-21(2)15(20)8-12(23)9-16(20)27-18/h4-5,8,11,16,22H,6-7,9-10H2,1-3H3. The van der Waals surface area contributed by atoms with Crippen LogP contribution in [0.5, 0.6) is 11.5 Å². The molecule has 0 radical (unpaired) electrons. The van der Waals surface area contributed by atoms with E-state index >= 15 is 0 Å². The van der Waals surface area contributed by atoms with E-state index < -0.39 is 17.5 Å². The molecule has 2 heterocycles. The minimum atomic E-state index is -0.747. The molecule has 7 heteroatoms. The van der Waals surface area contributed by atoms with Crippen LogP contribution in [-0.4, -0.2) is 61.3 Å². The molecule has 3 aliphatic rings. The molecule has 1 fully saturated rings. The number of hydrogen-bond donors (Lipinski definition) is 1. The van der Waals surface area contributed by atoms with Crippen LogP contribution in [-0.2, 0) is 14.9 Å². The highest BCUT2D eigenvalue weighted by Gasteiger charge is 2.60. The van der Waals surface area contributed by atoms with Crippen molar-refractivity contribution < 1.29 is 28.9 Å². The average Bonchev–Trinajstić information content (AvgIpc) is 3.14. The van der Waals surface area contributed by atoms with Gasteiger partial charge in [0.25, 0.3) is 0 Å². The summed E-state index contributed by atoms with van der Waals surface area (Å²) >= 11 is 0. The number of hydrogen-bond acceptors (Lipinski definition) is 7. The number of esters is 1. The van der Waals surface area contributed by atoms with Gasteiger partial charge in [0.1, 0.15) is 12.7 Å². The number of allylic oxidation sites excluding steroid dienone is 1. The summed E-state index contributed by atoms with van der Waals surface area (Å²) in [6.07, 6.45) is 1.56. The zero-order valence-electron chi connectivity index (χ0n) is 15.7. The number of aliphatic hydroxyl groups excluding tert-OH is 1. The highest BCUT2D eigenvalue weighted by molar-refractivity contribution is 5.97. The fraction of sp³-hybridized carbons (Fsp3) is 0.500. The van der Waals surface area contributed by atoms with Crippen molar-refractivity contribution >= 4 is 11.8 Å². The first-order valence-electron chi connectivity index (χ1n) is 9.08. The van der Waals surface area contributed by atoms with Crippen LogP contribution in [0.4, 0.5) is 0 Å². The number of likely N-dealkylation sites (N-methyl/N-ethyl adjacent to an activating group) is 1. The number of rotatable bonds is 4. The van der Waals surface area contributed by atoms with Crippen LogP contribution in [0.3, 0.4) is 0 Å². The Labute approximate surface area is 157 Å². The predicted molar refractivity (Wildman–Crippen MR) is 96.0 cm³/mol. The molecule has 7 nitrogen and oxygen atoms in total. The van der Waals surface area contributed by atoms with Gasteiger partial charge in [-0.15, -0.1) is 0 Å². The molecule has 1 N–H and O–H groups in total. The third kappa shape index (κ3) is 2.52. The second kappa shape index (κ2) is 6.27. The SMILES string of the molecule is COc1ccc(C(=O)OCC(C)O)c2c1OC1CC(=O)C=C3N(C)CCC321. The highest BCUT2D eigenvalue weighted by atomic mass is 16.5. The lowest BCUT2D eigenvalue weighted by atomic mass is 9.68. The monoisotopic (exact) mass is 373 g/mol. The van der Waals surface area contributed by atoms with Gasteiger partial charge in [0.2, 0.25) is 0 Å². The number of carbonyl (C=O) groups is 2. The normalized spacial score (nSPS) is 26.5. The van der Waals surface area contributed by atoms with Crippen molar-refractivity contribution in [1.29, 1.82) is 0 Å². The maximum atomic E-state index is 12.8. The van der Waals surface area contributed by atoms with E-state index in [1.165, 1.54) is 0 Å². The quantitative estimate of drug-likeness (QED) is 0.799. The van der Waals surface area contributed by atoms with Gasteiger partial charge in [0, 0.05) is 37.3 Å². The van der Waals surface area contributed by atoms with Crippen LogP contribution in [0.1, 0.15) is 35.7 Å². The molecule has 1 saturated heterocycles. The van der Waals surface area contributed by atoms with E-state index in [0.717, 1.165) is 24.2 Å². The van der Waals surface area contributed by atoms with E-state index in [2.05, 4.69) is 0 Å². The Hall–Kier alpha value is -2.54. The van der Waals surface area contributed by atoms with E-state index in [9.17, 15) is 14.7 Å². The summed E-state index contributed by atoms with van der Waals surface area (Å²) in [5.41, 5.74) is 1.43. The van der Waals surface area contributed by atoms with E-state index in [1.807, 2.05) is 11.9 Å². The molecule has 0 amide bonds. The van der Waals surface area contributed by atoms with E-state index in [-0.39, 0.29) is 24.9 Å². The van der Waals surface area contributed by atoms with Gasteiger partial charge in [-0.05, 0) is 25.5 Å². The Kier molecular flexibility index (Phi) is 4.14. The third-order valence-corrected chi connectivity index (χ3v) is 5.67. The predicted octanol–water partition coefficient (Wildman–Crippen LogP) is 1.42. The van der Waals surface area contributed by atoms with Crippen molar-refractivity contribution in [3.05, 3.63) is 35.0 Å². The molecule has 0 saturated carbocycles. The molecule has 2 aliphatic heterocycles. The van der Waals surface area contributed by atoms with Gasteiger partial charge in [-0.1, -0.05) is 0 Å². The van der Waals surface area contributed by atoms with Crippen LogP contribution < -0.4 is 9.47 Å². The number of fused-ring (bicyclic) bond motifs is 1. The lowest BCUT2D eigenvalue weighted by Gasteiger charge is -2.35. The van der Waals surface area contributed by atoms with Crippen LogP contribution >= 0.6 is 0 Å². The van der Waals surface area contributed by atoms with Crippen molar-refractivity contribution in [2.75, 3.05) is 27.3 Å². The Morgan fingerprint density at radius 3 is 2.96 bits per heavy atom. The fourth-order valence-corrected chi connectivity index (χ4v) is 4.49. The van der Waals surface area contributed by atoms with Crippen molar-refractivity contribution in [3.63, 3.8) is 0 Å². The summed E-state index contributed by atoms with van der Waals surface area (Å²) in [5.74, 6) is 0.538. The molecule has 3 unspecified atom stereocenters. The number of ketones is 1. The molecule has 1 spiro atoms. The minimum absolute atomic E-state index is 0.0179. The third-order valence-electron chi connectivity index (χ3n) is 5.67.